The first kappa shape index (κ1) is 13.1. The third kappa shape index (κ3) is 6.62. The summed E-state index contributed by atoms with van der Waals surface area (Å²) < 4.78 is 4.88. The molecule has 0 aromatic rings. The quantitative estimate of drug-likeness (QED) is 0.455. The summed E-state index contributed by atoms with van der Waals surface area (Å²) in [5.41, 5.74) is 0.462. The standard InChI is InChI=1S/C10H19NO3/c1-3-9(10(12)13)5-7-11-6-4-8-14-2/h5,11H,3-4,6-8H2,1-2H3,(H,12,13). The van der Waals surface area contributed by atoms with Gasteiger partial charge < -0.3 is 15.2 Å². The Morgan fingerprint density at radius 1 is 1.57 bits per heavy atom. The molecule has 82 valence electrons. The zero-order valence-corrected chi connectivity index (χ0v) is 8.88. The molecule has 0 saturated heterocycles. The molecule has 0 amide bonds. The Bertz CT molecular complexity index is 190. The second-order valence-corrected chi connectivity index (χ2v) is 2.94. The normalized spacial score (nSPS) is 11.7. The fourth-order valence-electron chi connectivity index (χ4n) is 1.02. The molecule has 0 aliphatic carbocycles. The van der Waals surface area contributed by atoms with Crippen LogP contribution in [0.2, 0.25) is 0 Å². The van der Waals surface area contributed by atoms with E-state index in [1.54, 1.807) is 13.2 Å². The molecule has 0 heterocycles. The summed E-state index contributed by atoms with van der Waals surface area (Å²) in [5, 5.41) is 11.8. The van der Waals surface area contributed by atoms with Gasteiger partial charge in [0.1, 0.15) is 0 Å². The summed E-state index contributed by atoms with van der Waals surface area (Å²) in [6.07, 6.45) is 3.23. The third-order valence-corrected chi connectivity index (χ3v) is 1.85. The van der Waals surface area contributed by atoms with Gasteiger partial charge in [-0.15, -0.1) is 0 Å². The molecule has 2 N–H and O–H groups in total. The Morgan fingerprint density at radius 2 is 2.29 bits per heavy atom. The maximum atomic E-state index is 10.6. The molecule has 14 heavy (non-hydrogen) atoms. The fourth-order valence-corrected chi connectivity index (χ4v) is 1.02. The average molecular weight is 201 g/mol. The molecule has 4 nitrogen and oxygen atoms in total. The summed E-state index contributed by atoms with van der Waals surface area (Å²) in [6.45, 7) is 4.03. The molecular weight excluding hydrogens is 182 g/mol. The lowest BCUT2D eigenvalue weighted by atomic mass is 10.2. The minimum absolute atomic E-state index is 0.462. The first-order chi connectivity index (χ1) is 6.72. The fraction of sp³-hybridized carbons (Fsp3) is 0.700. The van der Waals surface area contributed by atoms with Crippen molar-refractivity contribution in [3.63, 3.8) is 0 Å². The van der Waals surface area contributed by atoms with Crippen LogP contribution in [0.5, 0.6) is 0 Å². The SMILES string of the molecule is CCC(=CCNCCCOC)C(=O)O. The van der Waals surface area contributed by atoms with E-state index in [-0.39, 0.29) is 0 Å². The second-order valence-electron chi connectivity index (χ2n) is 2.94. The maximum absolute atomic E-state index is 10.6. The average Bonchev–Trinajstić information content (AvgIpc) is 2.16. The number of hydrogen-bond acceptors (Lipinski definition) is 3. The highest BCUT2D eigenvalue weighted by Gasteiger charge is 2.01. The number of rotatable bonds is 8. The van der Waals surface area contributed by atoms with Crippen LogP contribution in [0.25, 0.3) is 0 Å². The van der Waals surface area contributed by atoms with Crippen LogP contribution >= 0.6 is 0 Å². The highest BCUT2D eigenvalue weighted by Crippen LogP contribution is 1.98. The first-order valence-electron chi connectivity index (χ1n) is 4.84. The van der Waals surface area contributed by atoms with Crippen molar-refractivity contribution in [2.24, 2.45) is 0 Å². The zero-order chi connectivity index (χ0) is 10.8. The van der Waals surface area contributed by atoms with Crippen molar-refractivity contribution in [3.05, 3.63) is 11.6 Å². The van der Waals surface area contributed by atoms with Gasteiger partial charge in [-0.1, -0.05) is 13.0 Å². The topological polar surface area (TPSA) is 58.6 Å². The van der Waals surface area contributed by atoms with Gasteiger partial charge in [-0.05, 0) is 19.4 Å². The Kier molecular flexibility index (Phi) is 8.17. The molecule has 0 aromatic carbocycles. The number of carboxylic acid groups (broad SMARTS) is 1. The van der Waals surface area contributed by atoms with E-state index in [0.29, 0.717) is 18.5 Å². The molecule has 0 unspecified atom stereocenters. The Labute approximate surface area is 85.0 Å². The predicted octanol–water partition coefficient (Wildman–Crippen LogP) is 1.03. The van der Waals surface area contributed by atoms with Crippen molar-refractivity contribution in [2.45, 2.75) is 19.8 Å². The van der Waals surface area contributed by atoms with Gasteiger partial charge >= 0.3 is 5.97 Å². The maximum Gasteiger partial charge on any atom is 0.331 e. The van der Waals surface area contributed by atoms with Gasteiger partial charge in [-0.3, -0.25) is 0 Å². The summed E-state index contributed by atoms with van der Waals surface area (Å²) in [7, 11) is 1.67. The smallest absolute Gasteiger partial charge is 0.331 e. The number of ether oxygens (including phenoxy) is 1. The molecule has 0 aliphatic rings. The van der Waals surface area contributed by atoms with Crippen molar-refractivity contribution in [1.82, 2.24) is 5.32 Å². The lowest BCUT2D eigenvalue weighted by Gasteiger charge is -2.01. The van der Waals surface area contributed by atoms with E-state index in [0.717, 1.165) is 19.6 Å². The Hall–Kier alpha value is -0.870. The van der Waals surface area contributed by atoms with Crippen LogP contribution < -0.4 is 5.32 Å². The van der Waals surface area contributed by atoms with Gasteiger partial charge in [0.05, 0.1) is 0 Å². The van der Waals surface area contributed by atoms with Crippen molar-refractivity contribution in [1.29, 1.82) is 0 Å². The number of carboxylic acids is 1. The Morgan fingerprint density at radius 3 is 2.79 bits per heavy atom. The predicted molar refractivity (Wildman–Crippen MR) is 55.4 cm³/mol. The van der Waals surface area contributed by atoms with Crippen LogP contribution in [-0.4, -0.2) is 37.9 Å². The molecular formula is C10H19NO3. The lowest BCUT2D eigenvalue weighted by molar-refractivity contribution is -0.132. The van der Waals surface area contributed by atoms with Gasteiger partial charge in [0.25, 0.3) is 0 Å². The summed E-state index contributed by atoms with van der Waals surface area (Å²) in [4.78, 5) is 10.6. The van der Waals surface area contributed by atoms with Crippen molar-refractivity contribution in [3.8, 4) is 0 Å². The van der Waals surface area contributed by atoms with Crippen LogP contribution in [0.1, 0.15) is 19.8 Å². The first-order valence-corrected chi connectivity index (χ1v) is 4.84. The van der Waals surface area contributed by atoms with E-state index >= 15 is 0 Å². The van der Waals surface area contributed by atoms with Crippen molar-refractivity contribution in [2.75, 3.05) is 26.8 Å². The molecule has 0 aliphatic heterocycles. The van der Waals surface area contributed by atoms with Crippen LogP contribution in [0.4, 0.5) is 0 Å². The van der Waals surface area contributed by atoms with Crippen LogP contribution in [0.15, 0.2) is 11.6 Å². The number of hydrogen-bond donors (Lipinski definition) is 2. The van der Waals surface area contributed by atoms with Crippen molar-refractivity contribution < 1.29 is 14.6 Å². The van der Waals surface area contributed by atoms with Crippen LogP contribution in [0.3, 0.4) is 0 Å². The van der Waals surface area contributed by atoms with E-state index in [1.807, 2.05) is 6.92 Å². The van der Waals surface area contributed by atoms with Crippen molar-refractivity contribution >= 4 is 5.97 Å². The molecule has 0 radical (unpaired) electrons. The van der Waals surface area contributed by atoms with Gasteiger partial charge in [0.15, 0.2) is 0 Å². The minimum atomic E-state index is -0.828. The molecule has 0 bridgehead atoms. The molecule has 0 fully saturated rings. The van der Waals surface area contributed by atoms with Gasteiger partial charge in [-0.2, -0.15) is 0 Å². The highest BCUT2D eigenvalue weighted by atomic mass is 16.5. The number of carbonyl (C=O) groups is 1. The van der Waals surface area contributed by atoms with E-state index in [4.69, 9.17) is 9.84 Å². The van der Waals surface area contributed by atoms with E-state index in [2.05, 4.69) is 5.32 Å². The molecule has 0 saturated carbocycles. The highest BCUT2D eigenvalue weighted by molar-refractivity contribution is 5.86. The zero-order valence-electron chi connectivity index (χ0n) is 8.88. The molecule has 0 atom stereocenters. The van der Waals surface area contributed by atoms with E-state index in [9.17, 15) is 4.79 Å². The summed E-state index contributed by atoms with van der Waals surface area (Å²) in [6, 6.07) is 0. The second kappa shape index (κ2) is 8.72. The summed E-state index contributed by atoms with van der Waals surface area (Å²) in [5.74, 6) is -0.828. The number of aliphatic carboxylic acids is 1. The summed E-state index contributed by atoms with van der Waals surface area (Å²) >= 11 is 0. The lowest BCUT2D eigenvalue weighted by Crippen LogP contribution is -2.17. The largest absolute Gasteiger partial charge is 0.478 e. The molecule has 0 rings (SSSR count). The van der Waals surface area contributed by atoms with Crippen LogP contribution in [-0.2, 0) is 9.53 Å². The molecule has 4 heteroatoms. The minimum Gasteiger partial charge on any atom is -0.478 e. The number of methoxy groups -OCH3 is 1. The van der Waals surface area contributed by atoms with Gasteiger partial charge in [0.2, 0.25) is 0 Å². The molecule has 0 spiro atoms. The van der Waals surface area contributed by atoms with Gasteiger partial charge in [0, 0.05) is 25.8 Å². The van der Waals surface area contributed by atoms with E-state index < -0.39 is 5.97 Å². The monoisotopic (exact) mass is 201 g/mol. The molecule has 0 aromatic heterocycles. The number of nitrogens with one attached hydrogen (secondary N) is 1. The van der Waals surface area contributed by atoms with Crippen LogP contribution in [0, 0.1) is 0 Å². The Balaban J connectivity index is 3.53. The van der Waals surface area contributed by atoms with Gasteiger partial charge in [-0.25, -0.2) is 4.79 Å². The third-order valence-electron chi connectivity index (χ3n) is 1.85. The van der Waals surface area contributed by atoms with E-state index in [1.165, 1.54) is 0 Å².